The molecule has 1 saturated heterocycles. The van der Waals surface area contributed by atoms with Gasteiger partial charge in [0.1, 0.15) is 6.07 Å². The summed E-state index contributed by atoms with van der Waals surface area (Å²) in [6, 6.07) is 8.01. The Morgan fingerprint density at radius 3 is 3.04 bits per heavy atom. The number of anilines is 1. The van der Waals surface area contributed by atoms with Crippen molar-refractivity contribution < 1.29 is 9.90 Å². The van der Waals surface area contributed by atoms with Gasteiger partial charge in [0.05, 0.1) is 22.2 Å². The number of aromatic nitrogens is 1. The molecule has 1 aromatic carbocycles. The molecule has 0 spiro atoms. The van der Waals surface area contributed by atoms with Crippen LogP contribution >= 0.6 is 15.9 Å². The molecule has 0 amide bonds. The van der Waals surface area contributed by atoms with Gasteiger partial charge in [0.15, 0.2) is 0 Å². The molecule has 1 N–H and O–H groups in total. The zero-order valence-electron chi connectivity index (χ0n) is 13.0. The Morgan fingerprint density at radius 1 is 1.50 bits per heavy atom. The SMILES string of the molecule is N#Cc1cnc2c(Br)cccc2c1N1C[C@@H]2CCC[C@@]2(C(=O)O)C1. The van der Waals surface area contributed by atoms with Gasteiger partial charge in [-0.15, -0.1) is 0 Å². The quantitative estimate of drug-likeness (QED) is 0.854. The second-order valence-electron chi connectivity index (χ2n) is 6.70. The van der Waals surface area contributed by atoms with Crippen molar-refractivity contribution in [3.8, 4) is 6.07 Å². The summed E-state index contributed by atoms with van der Waals surface area (Å²) in [5.41, 5.74) is 1.45. The Kier molecular flexibility index (Phi) is 3.50. The van der Waals surface area contributed by atoms with Crippen LogP contribution in [-0.4, -0.2) is 29.1 Å². The van der Waals surface area contributed by atoms with E-state index in [0.717, 1.165) is 40.3 Å². The average molecular weight is 386 g/mol. The molecule has 1 aliphatic carbocycles. The number of carboxylic acids is 1. The average Bonchev–Trinajstić information content (AvgIpc) is 3.12. The van der Waals surface area contributed by atoms with Gasteiger partial charge in [-0.25, -0.2) is 0 Å². The van der Waals surface area contributed by atoms with Gasteiger partial charge >= 0.3 is 5.97 Å². The fourth-order valence-electron chi connectivity index (χ4n) is 4.40. The lowest BCUT2D eigenvalue weighted by Crippen LogP contribution is -2.35. The molecule has 0 unspecified atom stereocenters. The van der Waals surface area contributed by atoms with Crippen LogP contribution in [0.25, 0.3) is 10.9 Å². The zero-order chi connectivity index (χ0) is 16.9. The number of benzene rings is 1. The van der Waals surface area contributed by atoms with E-state index in [4.69, 9.17) is 0 Å². The van der Waals surface area contributed by atoms with Crippen LogP contribution in [0.5, 0.6) is 0 Å². The Balaban J connectivity index is 1.87. The Bertz CT molecular complexity index is 892. The van der Waals surface area contributed by atoms with Crippen LogP contribution in [0.15, 0.2) is 28.9 Å². The summed E-state index contributed by atoms with van der Waals surface area (Å²) in [6.45, 7) is 1.15. The van der Waals surface area contributed by atoms with E-state index in [2.05, 4.69) is 31.9 Å². The molecule has 24 heavy (non-hydrogen) atoms. The van der Waals surface area contributed by atoms with Gasteiger partial charge in [-0.3, -0.25) is 9.78 Å². The number of fused-ring (bicyclic) bond motifs is 2. The number of nitrogens with zero attached hydrogens (tertiary/aromatic N) is 3. The first-order valence-electron chi connectivity index (χ1n) is 8.02. The van der Waals surface area contributed by atoms with Crippen molar-refractivity contribution in [2.24, 2.45) is 11.3 Å². The predicted molar refractivity (Wildman–Crippen MR) is 93.8 cm³/mol. The number of rotatable bonds is 2. The standard InChI is InChI=1S/C18H16BrN3O2/c19-14-5-1-4-13-15(14)21-8-11(7-20)16(13)22-9-12-3-2-6-18(12,10-22)17(23)24/h1,4-5,8,12H,2-3,6,9-10H2,(H,23,24)/t12-,18+/m0/s1. The smallest absolute Gasteiger partial charge is 0.311 e. The molecular weight excluding hydrogens is 370 g/mol. The predicted octanol–water partition coefficient (Wildman–Crippen LogP) is 3.56. The first-order valence-corrected chi connectivity index (χ1v) is 8.82. The fourth-order valence-corrected chi connectivity index (χ4v) is 4.87. The number of carboxylic acid groups (broad SMARTS) is 1. The minimum atomic E-state index is -0.703. The van der Waals surface area contributed by atoms with Crippen molar-refractivity contribution in [1.82, 2.24) is 4.98 Å². The summed E-state index contributed by atoms with van der Waals surface area (Å²) in [6.07, 6.45) is 4.22. The fraction of sp³-hybridized carbons (Fsp3) is 0.389. The van der Waals surface area contributed by atoms with E-state index in [1.54, 1.807) is 6.20 Å². The Labute approximate surface area is 148 Å². The third-order valence-corrected chi connectivity index (χ3v) is 6.19. The van der Waals surface area contributed by atoms with E-state index in [0.29, 0.717) is 18.7 Å². The summed E-state index contributed by atoms with van der Waals surface area (Å²) in [7, 11) is 0. The molecule has 1 aliphatic heterocycles. The number of hydrogen-bond donors (Lipinski definition) is 1. The van der Waals surface area contributed by atoms with Crippen molar-refractivity contribution in [2.75, 3.05) is 18.0 Å². The van der Waals surface area contributed by atoms with Crippen LogP contribution in [0.3, 0.4) is 0 Å². The van der Waals surface area contributed by atoms with Crippen LogP contribution < -0.4 is 4.90 Å². The number of hydrogen-bond acceptors (Lipinski definition) is 4. The highest BCUT2D eigenvalue weighted by molar-refractivity contribution is 9.10. The first kappa shape index (κ1) is 15.4. The van der Waals surface area contributed by atoms with E-state index in [-0.39, 0.29) is 5.92 Å². The maximum Gasteiger partial charge on any atom is 0.311 e. The highest BCUT2D eigenvalue weighted by Crippen LogP contribution is 2.51. The Morgan fingerprint density at radius 2 is 2.33 bits per heavy atom. The van der Waals surface area contributed by atoms with Crippen LogP contribution in [-0.2, 0) is 4.79 Å². The topological polar surface area (TPSA) is 77.2 Å². The largest absolute Gasteiger partial charge is 0.481 e. The molecular formula is C18H16BrN3O2. The molecule has 0 bridgehead atoms. The summed E-state index contributed by atoms with van der Waals surface area (Å²) < 4.78 is 0.873. The monoisotopic (exact) mass is 385 g/mol. The minimum Gasteiger partial charge on any atom is -0.481 e. The van der Waals surface area contributed by atoms with Crippen LogP contribution in [0.2, 0.25) is 0 Å². The van der Waals surface area contributed by atoms with Crippen molar-refractivity contribution in [3.63, 3.8) is 0 Å². The molecule has 1 saturated carbocycles. The van der Waals surface area contributed by atoms with Gasteiger partial charge in [-0.1, -0.05) is 18.6 Å². The number of pyridine rings is 1. The molecule has 2 heterocycles. The number of nitriles is 1. The van der Waals surface area contributed by atoms with Gasteiger partial charge in [0.25, 0.3) is 0 Å². The maximum atomic E-state index is 11.9. The second-order valence-corrected chi connectivity index (χ2v) is 7.55. The molecule has 2 fully saturated rings. The third kappa shape index (κ3) is 2.04. The molecule has 0 radical (unpaired) electrons. The minimum absolute atomic E-state index is 0.150. The van der Waals surface area contributed by atoms with E-state index >= 15 is 0 Å². The highest BCUT2D eigenvalue weighted by atomic mass is 79.9. The number of para-hydroxylation sites is 1. The molecule has 122 valence electrons. The van der Waals surface area contributed by atoms with Gasteiger partial charge < -0.3 is 10.0 Å². The van der Waals surface area contributed by atoms with E-state index in [9.17, 15) is 15.2 Å². The molecule has 5 nitrogen and oxygen atoms in total. The molecule has 2 aliphatic rings. The summed E-state index contributed by atoms with van der Waals surface area (Å²) in [5.74, 6) is -0.553. The summed E-state index contributed by atoms with van der Waals surface area (Å²) >= 11 is 3.51. The molecule has 2 atom stereocenters. The van der Waals surface area contributed by atoms with E-state index in [1.165, 1.54) is 0 Å². The van der Waals surface area contributed by atoms with Crippen molar-refractivity contribution in [1.29, 1.82) is 5.26 Å². The lowest BCUT2D eigenvalue weighted by Gasteiger charge is -2.25. The Hall–Kier alpha value is -2.13. The van der Waals surface area contributed by atoms with Crippen molar-refractivity contribution in [3.05, 3.63) is 34.4 Å². The molecule has 4 rings (SSSR count). The molecule has 1 aromatic heterocycles. The summed E-state index contributed by atoms with van der Waals surface area (Å²) in [4.78, 5) is 18.4. The number of carbonyl (C=O) groups is 1. The second kappa shape index (κ2) is 5.45. The van der Waals surface area contributed by atoms with Crippen molar-refractivity contribution >= 4 is 38.5 Å². The number of halogens is 1. The van der Waals surface area contributed by atoms with Gasteiger partial charge in [0, 0.05) is 29.1 Å². The molecule has 2 aromatic rings. The third-order valence-electron chi connectivity index (χ3n) is 5.55. The first-order chi connectivity index (χ1) is 11.6. The summed E-state index contributed by atoms with van der Waals surface area (Å²) in [5, 5.41) is 20.2. The van der Waals surface area contributed by atoms with Gasteiger partial charge in [0.2, 0.25) is 0 Å². The van der Waals surface area contributed by atoms with E-state index < -0.39 is 11.4 Å². The lowest BCUT2D eigenvalue weighted by molar-refractivity contribution is -0.149. The van der Waals surface area contributed by atoms with Crippen molar-refractivity contribution in [2.45, 2.75) is 19.3 Å². The zero-order valence-corrected chi connectivity index (χ0v) is 14.6. The maximum absolute atomic E-state index is 11.9. The van der Waals surface area contributed by atoms with Crippen LogP contribution in [0.4, 0.5) is 5.69 Å². The molecule has 6 heteroatoms. The normalized spacial score (nSPS) is 25.7. The van der Waals surface area contributed by atoms with Gasteiger partial charge in [-0.2, -0.15) is 5.26 Å². The van der Waals surface area contributed by atoms with Crippen LogP contribution in [0.1, 0.15) is 24.8 Å². The van der Waals surface area contributed by atoms with Crippen LogP contribution in [0, 0.1) is 22.7 Å². The lowest BCUT2D eigenvalue weighted by atomic mass is 9.81. The highest BCUT2D eigenvalue weighted by Gasteiger charge is 2.55. The van der Waals surface area contributed by atoms with E-state index in [1.807, 2.05) is 18.2 Å². The van der Waals surface area contributed by atoms with Gasteiger partial charge in [-0.05, 0) is 40.8 Å². The number of aliphatic carboxylic acids is 1.